The minimum absolute atomic E-state index is 0.0635. The molecule has 0 heterocycles. The van der Waals surface area contributed by atoms with Crippen LogP contribution in [-0.4, -0.2) is 17.2 Å². The van der Waals surface area contributed by atoms with E-state index in [0.29, 0.717) is 0 Å². The number of rotatable bonds is 4. The van der Waals surface area contributed by atoms with Gasteiger partial charge in [-0.05, 0) is 17.6 Å². The largest absolute Gasteiger partial charge is 0.488 e. The lowest BCUT2D eigenvalue weighted by Crippen LogP contribution is -2.33. The van der Waals surface area contributed by atoms with Gasteiger partial charge in [0.2, 0.25) is 0 Å². The molecule has 2 aromatic carbocycles. The molecule has 2 N–H and O–H groups in total. The average molecular weight is 354 g/mol. The maximum absolute atomic E-state index is 13.9. The summed E-state index contributed by atoms with van der Waals surface area (Å²) in [6.45, 7) is 0. The summed E-state index contributed by atoms with van der Waals surface area (Å²) in [5.74, 6) is -10.6. The summed E-state index contributed by atoms with van der Waals surface area (Å²) in [4.78, 5) is 0. The van der Waals surface area contributed by atoms with Crippen molar-refractivity contribution < 1.29 is 45.5 Å². The van der Waals surface area contributed by atoms with Gasteiger partial charge in [0.15, 0.2) is 17.5 Å². The first-order valence-corrected chi connectivity index (χ1v) is 6.10. The molecule has 0 fully saturated rings. The Morgan fingerprint density at radius 1 is 0.792 bits per heavy atom. The number of hydrogen-bond donors (Lipinski definition) is 2. The summed E-state index contributed by atoms with van der Waals surface area (Å²) in [6, 6.07) is 0.556. The molecule has 0 radical (unpaired) electrons. The Hall–Kier alpha value is -2.27. The fraction of sp³-hybridized carbons (Fsp3) is 0.0769. The van der Waals surface area contributed by atoms with Gasteiger partial charge in [0.05, 0.1) is 0 Å². The summed E-state index contributed by atoms with van der Waals surface area (Å²) in [7, 11) is -2.32. The molecule has 128 valence electrons. The molecule has 0 unspecified atom stereocenters. The highest BCUT2D eigenvalue weighted by Gasteiger charge is 2.42. The molecule has 0 aliphatic heterocycles. The monoisotopic (exact) mass is 354 g/mol. The molecule has 0 bridgehead atoms. The Morgan fingerprint density at radius 3 is 1.67 bits per heavy atom. The first-order valence-electron chi connectivity index (χ1n) is 6.10. The highest BCUT2D eigenvalue weighted by atomic mass is 19.3. The molecule has 11 heteroatoms. The zero-order chi connectivity index (χ0) is 18.2. The Labute approximate surface area is 130 Å². The van der Waals surface area contributed by atoms with Gasteiger partial charge in [0.1, 0.15) is 22.9 Å². The van der Waals surface area contributed by atoms with E-state index in [4.69, 9.17) is 10.0 Å². The zero-order valence-electron chi connectivity index (χ0n) is 11.3. The second-order valence-electron chi connectivity index (χ2n) is 4.55. The van der Waals surface area contributed by atoms with Crippen LogP contribution in [0.4, 0.5) is 30.7 Å². The molecule has 0 atom stereocenters. The van der Waals surface area contributed by atoms with E-state index in [1.807, 2.05) is 0 Å². The number of benzene rings is 2. The van der Waals surface area contributed by atoms with Crippen LogP contribution in [0.15, 0.2) is 24.3 Å². The van der Waals surface area contributed by atoms with E-state index in [1.165, 1.54) is 0 Å². The Balaban J connectivity index is 2.44. The lowest BCUT2D eigenvalue weighted by atomic mass is 9.79. The van der Waals surface area contributed by atoms with Gasteiger partial charge in [-0.1, -0.05) is 0 Å². The second-order valence-corrected chi connectivity index (χ2v) is 4.55. The Kier molecular flexibility index (Phi) is 4.76. The number of halogens is 7. The van der Waals surface area contributed by atoms with E-state index in [-0.39, 0.29) is 24.3 Å². The van der Waals surface area contributed by atoms with Gasteiger partial charge in [-0.15, -0.1) is 0 Å². The number of alkyl halides is 2. The van der Waals surface area contributed by atoms with Crippen LogP contribution in [0.5, 0.6) is 5.75 Å². The van der Waals surface area contributed by atoms with Crippen LogP contribution in [0.3, 0.4) is 0 Å². The molecule has 0 aliphatic rings. The highest BCUT2D eigenvalue weighted by Crippen LogP contribution is 2.35. The molecular weight excluding hydrogens is 348 g/mol. The summed E-state index contributed by atoms with van der Waals surface area (Å²) < 4.78 is 97.7. The molecule has 0 amide bonds. The fourth-order valence-electron chi connectivity index (χ4n) is 1.81. The lowest BCUT2D eigenvalue weighted by Gasteiger charge is -2.20. The maximum atomic E-state index is 13.9. The maximum Gasteiger partial charge on any atom is 0.488 e. The van der Waals surface area contributed by atoms with Crippen LogP contribution in [0.25, 0.3) is 0 Å². The average Bonchev–Trinajstić information content (AvgIpc) is 2.42. The smallest absolute Gasteiger partial charge is 0.429 e. The normalized spacial score (nSPS) is 11.5. The van der Waals surface area contributed by atoms with Crippen LogP contribution in [0, 0.1) is 29.1 Å². The summed E-state index contributed by atoms with van der Waals surface area (Å²) in [5.41, 5.74) is -2.68. The van der Waals surface area contributed by atoms with Crippen molar-refractivity contribution >= 4 is 12.6 Å². The topological polar surface area (TPSA) is 49.7 Å². The van der Waals surface area contributed by atoms with E-state index < -0.39 is 59.1 Å². The fourth-order valence-corrected chi connectivity index (χ4v) is 1.81. The predicted molar refractivity (Wildman–Crippen MR) is 67.0 cm³/mol. The quantitative estimate of drug-likeness (QED) is 0.503. The SMILES string of the molecule is OB(O)c1cc(F)c(C(F)(F)Oc2cc(F)c(F)c(F)c2)c(F)c1. The molecule has 0 spiro atoms. The van der Waals surface area contributed by atoms with Gasteiger partial charge in [-0.3, -0.25) is 0 Å². The molecule has 0 aromatic heterocycles. The van der Waals surface area contributed by atoms with Crippen LogP contribution in [-0.2, 0) is 6.11 Å². The standard InChI is InChI=1S/C13H6BF7O3/c15-7-1-5(14(22)23)2-8(16)11(7)13(20,21)24-6-3-9(17)12(19)10(18)4-6/h1-4,22-23H. The third kappa shape index (κ3) is 3.46. The first kappa shape index (κ1) is 18.1. The Bertz CT molecular complexity index is 736. The van der Waals surface area contributed by atoms with Gasteiger partial charge in [-0.25, -0.2) is 22.0 Å². The molecule has 24 heavy (non-hydrogen) atoms. The zero-order valence-corrected chi connectivity index (χ0v) is 11.3. The van der Waals surface area contributed by atoms with E-state index >= 15 is 0 Å². The summed E-state index contributed by atoms with van der Waals surface area (Å²) >= 11 is 0. The second kappa shape index (κ2) is 6.32. The third-order valence-corrected chi connectivity index (χ3v) is 2.86. The van der Waals surface area contributed by atoms with Gasteiger partial charge in [-0.2, -0.15) is 8.78 Å². The molecule has 0 saturated heterocycles. The Morgan fingerprint density at radius 2 is 1.25 bits per heavy atom. The molecule has 0 aliphatic carbocycles. The van der Waals surface area contributed by atoms with Crippen LogP contribution >= 0.6 is 0 Å². The molecule has 0 saturated carbocycles. The van der Waals surface area contributed by atoms with Crippen LogP contribution in [0.1, 0.15) is 5.56 Å². The van der Waals surface area contributed by atoms with Crippen LogP contribution in [0.2, 0.25) is 0 Å². The predicted octanol–water partition coefficient (Wildman–Crippen LogP) is 2.19. The molecule has 2 rings (SSSR count). The van der Waals surface area contributed by atoms with Crippen molar-refractivity contribution in [2.24, 2.45) is 0 Å². The molecular formula is C13H6BF7O3. The lowest BCUT2D eigenvalue weighted by molar-refractivity contribution is -0.189. The number of ether oxygens (including phenoxy) is 1. The van der Waals surface area contributed by atoms with Crippen molar-refractivity contribution in [3.8, 4) is 5.75 Å². The van der Waals surface area contributed by atoms with Gasteiger partial charge < -0.3 is 14.8 Å². The van der Waals surface area contributed by atoms with Crippen molar-refractivity contribution in [3.63, 3.8) is 0 Å². The van der Waals surface area contributed by atoms with Gasteiger partial charge >= 0.3 is 13.2 Å². The van der Waals surface area contributed by atoms with E-state index in [1.54, 1.807) is 0 Å². The third-order valence-electron chi connectivity index (χ3n) is 2.86. The minimum atomic E-state index is -4.73. The van der Waals surface area contributed by atoms with Crippen molar-refractivity contribution in [1.82, 2.24) is 0 Å². The first-order chi connectivity index (χ1) is 11.0. The number of hydrogen-bond acceptors (Lipinski definition) is 3. The van der Waals surface area contributed by atoms with Crippen molar-refractivity contribution in [3.05, 3.63) is 58.9 Å². The van der Waals surface area contributed by atoms with E-state index in [2.05, 4.69) is 4.74 Å². The van der Waals surface area contributed by atoms with Gasteiger partial charge in [0.25, 0.3) is 0 Å². The van der Waals surface area contributed by atoms with Crippen molar-refractivity contribution in [2.45, 2.75) is 6.11 Å². The van der Waals surface area contributed by atoms with Crippen molar-refractivity contribution in [2.75, 3.05) is 0 Å². The van der Waals surface area contributed by atoms with Crippen molar-refractivity contribution in [1.29, 1.82) is 0 Å². The highest BCUT2D eigenvalue weighted by molar-refractivity contribution is 6.58. The van der Waals surface area contributed by atoms with Crippen LogP contribution < -0.4 is 10.2 Å². The minimum Gasteiger partial charge on any atom is -0.429 e. The van der Waals surface area contributed by atoms with Gasteiger partial charge in [0, 0.05) is 12.1 Å². The molecule has 3 nitrogen and oxygen atoms in total. The van der Waals surface area contributed by atoms with E-state index in [0.717, 1.165) is 0 Å². The summed E-state index contributed by atoms with van der Waals surface area (Å²) in [6.07, 6.45) is -4.73. The molecule has 2 aromatic rings. The summed E-state index contributed by atoms with van der Waals surface area (Å²) in [5, 5.41) is 17.5. The van der Waals surface area contributed by atoms with E-state index in [9.17, 15) is 30.7 Å².